The van der Waals surface area contributed by atoms with Gasteiger partial charge in [0.1, 0.15) is 12.4 Å². The highest BCUT2D eigenvalue weighted by molar-refractivity contribution is 7.98. The first-order chi connectivity index (χ1) is 20.7. The lowest BCUT2D eigenvalue weighted by Gasteiger charge is -2.25. The normalized spacial score (nSPS) is 14.8. The molecule has 0 saturated heterocycles. The molecule has 10 heteroatoms. The smallest absolute Gasteiger partial charge is 0.338 e. The van der Waals surface area contributed by atoms with Crippen LogP contribution < -0.4 is 19.6 Å². The lowest BCUT2D eigenvalue weighted by atomic mass is 9.96. The fourth-order valence-corrected chi connectivity index (χ4v) is 6.18. The maximum atomic E-state index is 14.0. The van der Waals surface area contributed by atoms with E-state index >= 15 is 0 Å². The Labute approximate surface area is 256 Å². The first kappa shape index (κ1) is 30.1. The van der Waals surface area contributed by atoms with Crippen LogP contribution in [0.1, 0.15) is 53.9 Å². The van der Waals surface area contributed by atoms with Gasteiger partial charge in [-0.2, -0.15) is 0 Å². The topological polar surface area (TPSA) is 107 Å². The second-order valence-corrected chi connectivity index (χ2v) is 12.0. The molecule has 43 heavy (non-hydrogen) atoms. The van der Waals surface area contributed by atoms with E-state index in [2.05, 4.69) is 4.99 Å². The van der Waals surface area contributed by atoms with Crippen LogP contribution in [-0.2, 0) is 16.1 Å². The average Bonchev–Trinajstić information content (AvgIpc) is 3.29. The Kier molecular flexibility index (Phi) is 8.98. The van der Waals surface area contributed by atoms with Crippen LogP contribution in [0.3, 0.4) is 0 Å². The molecule has 0 unspecified atom stereocenters. The van der Waals surface area contributed by atoms with Crippen molar-refractivity contribution in [2.45, 2.75) is 44.4 Å². The standard InChI is InChI=1S/C33H30N2O6S2/c1-19(2)41-32(39)28-20(3)34-33-35(29(28)22-13-15-25(42-4)16-14-22)30(36)27(43-33)17-24-7-5-6-8-26(24)40-18-21-9-11-23(12-10-21)31(37)38/h5-17,19,29H,18H2,1-4H3,(H,37,38)/b27-17-/t29-/m0/s1. The quantitative estimate of drug-likeness (QED) is 0.204. The first-order valence-electron chi connectivity index (χ1n) is 13.6. The summed E-state index contributed by atoms with van der Waals surface area (Å²) < 4.78 is 13.7. The number of carbonyl (C=O) groups excluding carboxylic acids is 1. The summed E-state index contributed by atoms with van der Waals surface area (Å²) in [5.41, 5.74) is 3.07. The summed E-state index contributed by atoms with van der Waals surface area (Å²) in [5.74, 6) is -0.922. The van der Waals surface area contributed by atoms with Crippen molar-refractivity contribution in [2.75, 3.05) is 6.26 Å². The minimum absolute atomic E-state index is 0.203. The molecule has 4 aromatic rings. The molecule has 0 radical (unpaired) electrons. The summed E-state index contributed by atoms with van der Waals surface area (Å²) in [6.07, 6.45) is 3.43. The van der Waals surface area contributed by atoms with Gasteiger partial charge in [0.05, 0.1) is 33.5 Å². The molecule has 1 aliphatic heterocycles. The van der Waals surface area contributed by atoms with Crippen molar-refractivity contribution in [3.8, 4) is 5.75 Å². The third-order valence-electron chi connectivity index (χ3n) is 6.82. The predicted molar refractivity (Wildman–Crippen MR) is 167 cm³/mol. The van der Waals surface area contributed by atoms with Crippen LogP contribution in [0.5, 0.6) is 5.75 Å². The van der Waals surface area contributed by atoms with E-state index in [1.54, 1.807) is 55.3 Å². The number of carbonyl (C=O) groups is 2. The van der Waals surface area contributed by atoms with E-state index in [1.165, 1.54) is 23.5 Å². The molecule has 1 aliphatic rings. The van der Waals surface area contributed by atoms with E-state index in [0.717, 1.165) is 16.0 Å². The Morgan fingerprint density at radius 2 is 1.77 bits per heavy atom. The number of hydrogen-bond acceptors (Lipinski definition) is 8. The number of para-hydroxylation sites is 1. The highest BCUT2D eigenvalue weighted by Gasteiger charge is 2.33. The van der Waals surface area contributed by atoms with E-state index in [9.17, 15) is 14.4 Å². The number of carboxylic acids is 1. The molecule has 0 spiro atoms. The lowest BCUT2D eigenvalue weighted by Crippen LogP contribution is -2.40. The number of hydrogen-bond donors (Lipinski definition) is 1. The van der Waals surface area contributed by atoms with Crippen LogP contribution in [-0.4, -0.2) is 34.0 Å². The van der Waals surface area contributed by atoms with Crippen molar-refractivity contribution in [3.63, 3.8) is 0 Å². The number of ether oxygens (including phenoxy) is 2. The lowest BCUT2D eigenvalue weighted by molar-refractivity contribution is -0.143. The summed E-state index contributed by atoms with van der Waals surface area (Å²) in [5, 5.41) is 9.14. The zero-order valence-electron chi connectivity index (χ0n) is 24.1. The Bertz CT molecular complexity index is 1890. The van der Waals surface area contributed by atoms with E-state index in [-0.39, 0.29) is 23.8 Å². The number of rotatable bonds is 9. The molecule has 0 saturated carbocycles. The minimum atomic E-state index is -0.988. The minimum Gasteiger partial charge on any atom is -0.488 e. The van der Waals surface area contributed by atoms with E-state index < -0.39 is 18.0 Å². The summed E-state index contributed by atoms with van der Waals surface area (Å²) in [4.78, 5) is 44.7. The van der Waals surface area contributed by atoms with Crippen LogP contribution in [0.15, 0.2) is 98.7 Å². The van der Waals surface area contributed by atoms with Gasteiger partial charge in [-0.25, -0.2) is 14.6 Å². The van der Waals surface area contributed by atoms with Crippen molar-refractivity contribution >= 4 is 41.1 Å². The number of esters is 1. The Morgan fingerprint density at radius 1 is 1.07 bits per heavy atom. The van der Waals surface area contributed by atoms with Crippen molar-refractivity contribution in [2.24, 2.45) is 4.99 Å². The van der Waals surface area contributed by atoms with Gasteiger partial charge in [0, 0.05) is 10.5 Å². The van der Waals surface area contributed by atoms with Gasteiger partial charge in [-0.3, -0.25) is 9.36 Å². The van der Waals surface area contributed by atoms with Crippen molar-refractivity contribution in [1.29, 1.82) is 0 Å². The van der Waals surface area contributed by atoms with Gasteiger partial charge in [-0.1, -0.05) is 53.8 Å². The Balaban J connectivity index is 1.55. The molecule has 5 rings (SSSR count). The van der Waals surface area contributed by atoms with Gasteiger partial charge < -0.3 is 14.6 Å². The molecule has 0 fully saturated rings. The fraction of sp³-hybridized carbons (Fsp3) is 0.212. The second kappa shape index (κ2) is 12.8. The molecule has 220 valence electrons. The van der Waals surface area contributed by atoms with Crippen LogP contribution in [0.25, 0.3) is 6.08 Å². The second-order valence-electron chi connectivity index (χ2n) is 10.1. The van der Waals surface area contributed by atoms with Crippen molar-refractivity contribution in [1.82, 2.24) is 4.57 Å². The number of benzene rings is 3. The monoisotopic (exact) mass is 614 g/mol. The number of fused-ring (bicyclic) bond motifs is 1. The van der Waals surface area contributed by atoms with Gasteiger partial charge in [-0.05, 0) is 74.6 Å². The molecular weight excluding hydrogens is 585 g/mol. The van der Waals surface area contributed by atoms with Gasteiger partial charge in [0.15, 0.2) is 4.80 Å². The van der Waals surface area contributed by atoms with Crippen LogP contribution in [0.4, 0.5) is 0 Å². The van der Waals surface area contributed by atoms with E-state index in [1.807, 2.05) is 54.8 Å². The molecule has 8 nitrogen and oxygen atoms in total. The SMILES string of the molecule is CSc1ccc([C@H]2C(C(=O)OC(C)C)=C(C)N=c3s/c(=C\c4ccccc4OCc4ccc(C(=O)O)cc4)c(=O)n32)cc1. The number of carboxylic acid groups (broad SMARTS) is 1. The van der Waals surface area contributed by atoms with Gasteiger partial charge in [-0.15, -0.1) is 11.8 Å². The molecule has 0 amide bonds. The number of aromatic carboxylic acids is 1. The predicted octanol–water partition coefficient (Wildman–Crippen LogP) is 5.19. The highest BCUT2D eigenvalue weighted by Crippen LogP contribution is 2.32. The number of nitrogens with zero attached hydrogens (tertiary/aromatic N) is 2. The average molecular weight is 615 g/mol. The maximum absolute atomic E-state index is 14.0. The molecule has 1 aromatic heterocycles. The zero-order chi connectivity index (χ0) is 30.7. The highest BCUT2D eigenvalue weighted by atomic mass is 32.2. The van der Waals surface area contributed by atoms with Gasteiger partial charge in [0.25, 0.3) is 5.56 Å². The molecule has 0 bridgehead atoms. The maximum Gasteiger partial charge on any atom is 0.338 e. The summed E-state index contributed by atoms with van der Waals surface area (Å²) in [7, 11) is 0. The molecule has 1 N–H and O–H groups in total. The number of thioether (sulfide) groups is 1. The number of thiazole rings is 1. The third kappa shape index (κ3) is 6.50. The van der Waals surface area contributed by atoms with E-state index in [0.29, 0.717) is 31.9 Å². The van der Waals surface area contributed by atoms with Crippen LogP contribution >= 0.6 is 23.1 Å². The molecule has 2 heterocycles. The van der Waals surface area contributed by atoms with Crippen molar-refractivity contribution < 1.29 is 24.2 Å². The van der Waals surface area contributed by atoms with Crippen LogP contribution in [0.2, 0.25) is 0 Å². The third-order valence-corrected chi connectivity index (χ3v) is 8.54. The molecule has 1 atom stereocenters. The zero-order valence-corrected chi connectivity index (χ0v) is 25.7. The number of aromatic nitrogens is 1. The molecule has 3 aromatic carbocycles. The van der Waals surface area contributed by atoms with Crippen molar-refractivity contribution in [3.05, 3.63) is 126 Å². The summed E-state index contributed by atoms with van der Waals surface area (Å²) >= 11 is 2.86. The summed E-state index contributed by atoms with van der Waals surface area (Å²) in [6, 6.07) is 21.0. The largest absolute Gasteiger partial charge is 0.488 e. The van der Waals surface area contributed by atoms with E-state index in [4.69, 9.17) is 14.6 Å². The Hall–Kier alpha value is -4.41. The Morgan fingerprint density at radius 3 is 2.42 bits per heavy atom. The number of allylic oxidation sites excluding steroid dienone is 1. The summed E-state index contributed by atoms with van der Waals surface area (Å²) in [6.45, 7) is 5.56. The van der Waals surface area contributed by atoms with Gasteiger partial charge in [0.2, 0.25) is 0 Å². The first-order valence-corrected chi connectivity index (χ1v) is 15.6. The molecule has 0 aliphatic carbocycles. The van der Waals surface area contributed by atoms with Gasteiger partial charge >= 0.3 is 11.9 Å². The fourth-order valence-electron chi connectivity index (χ4n) is 4.74. The van der Waals surface area contributed by atoms with Crippen LogP contribution in [0, 0.1) is 0 Å². The molecular formula is C33H30N2O6S2.